The minimum absolute atomic E-state index is 0.0406. The average Bonchev–Trinajstić information content (AvgIpc) is 3.05. The highest BCUT2D eigenvalue weighted by Gasteiger charge is 2.39. The number of ether oxygens (including phenoxy) is 1. The van der Waals surface area contributed by atoms with E-state index in [4.69, 9.17) is 4.52 Å². The van der Waals surface area contributed by atoms with Gasteiger partial charge in [0.05, 0.1) is 6.61 Å². The van der Waals surface area contributed by atoms with E-state index in [1.54, 1.807) is 0 Å². The number of aromatic nitrogens is 4. The molecule has 0 aliphatic carbocycles. The molecule has 0 aliphatic rings. The van der Waals surface area contributed by atoms with Crippen LogP contribution in [0.4, 0.5) is 13.2 Å². The zero-order valence-electron chi connectivity index (χ0n) is 13.6. The molecule has 7 nitrogen and oxygen atoms in total. The van der Waals surface area contributed by atoms with Crippen LogP contribution in [0.3, 0.4) is 0 Å². The molecule has 0 atom stereocenters. The Morgan fingerprint density at radius 2 is 2.00 bits per heavy atom. The van der Waals surface area contributed by atoms with Crippen molar-refractivity contribution in [3.63, 3.8) is 0 Å². The van der Waals surface area contributed by atoms with Gasteiger partial charge in [0.2, 0.25) is 5.89 Å². The first-order chi connectivity index (χ1) is 11.0. The second kappa shape index (κ2) is 6.25. The fourth-order valence-electron chi connectivity index (χ4n) is 1.84. The molecule has 0 amide bonds. The summed E-state index contributed by atoms with van der Waals surface area (Å²) in [7, 11) is 0. The zero-order valence-corrected chi connectivity index (χ0v) is 13.6. The Bertz CT molecular complexity index is 728. The fraction of sp³-hybridized carbons (Fsp3) is 0.571. The van der Waals surface area contributed by atoms with Gasteiger partial charge in [0.25, 0.3) is 0 Å². The molecule has 0 radical (unpaired) electrons. The third-order valence-electron chi connectivity index (χ3n) is 2.94. The highest BCUT2D eigenvalue weighted by Crippen LogP contribution is 2.31. The van der Waals surface area contributed by atoms with E-state index in [9.17, 15) is 18.0 Å². The summed E-state index contributed by atoms with van der Waals surface area (Å²) in [6.45, 7) is 6.88. The van der Waals surface area contributed by atoms with Gasteiger partial charge in [-0.2, -0.15) is 23.3 Å². The van der Waals surface area contributed by atoms with Crippen molar-refractivity contribution < 1.29 is 27.2 Å². The molecule has 0 saturated heterocycles. The summed E-state index contributed by atoms with van der Waals surface area (Å²) in [6, 6.07) is 0. The minimum Gasteiger partial charge on any atom is -0.462 e. The summed E-state index contributed by atoms with van der Waals surface area (Å²) in [4.78, 5) is 15.8. The molecule has 0 N–H and O–H groups in total. The van der Waals surface area contributed by atoms with Gasteiger partial charge >= 0.3 is 12.1 Å². The van der Waals surface area contributed by atoms with E-state index in [0.29, 0.717) is 5.89 Å². The minimum atomic E-state index is -4.78. The molecule has 10 heteroatoms. The van der Waals surface area contributed by atoms with E-state index in [1.807, 2.05) is 20.8 Å². The summed E-state index contributed by atoms with van der Waals surface area (Å²) < 4.78 is 49.7. The first-order valence-electron chi connectivity index (χ1n) is 7.17. The Balaban J connectivity index is 2.31. The number of carbonyl (C=O) groups excluding carboxylic acids is 1. The van der Waals surface area contributed by atoms with Crippen molar-refractivity contribution in [3.05, 3.63) is 29.2 Å². The number of hydrogen-bond acceptors (Lipinski definition) is 6. The third-order valence-corrected chi connectivity index (χ3v) is 2.94. The first-order valence-corrected chi connectivity index (χ1v) is 7.17. The lowest BCUT2D eigenvalue weighted by Crippen LogP contribution is -2.14. The van der Waals surface area contributed by atoms with Crippen LogP contribution in [0.25, 0.3) is 0 Å². The van der Waals surface area contributed by atoms with Crippen LogP contribution in [-0.2, 0) is 22.9 Å². The molecular weight excluding hydrogens is 329 g/mol. The second-order valence-electron chi connectivity index (χ2n) is 6.07. The zero-order chi connectivity index (χ0) is 18.1. The van der Waals surface area contributed by atoms with Crippen LogP contribution in [-0.4, -0.2) is 32.5 Å². The Hall–Kier alpha value is -2.39. The lowest BCUT2D eigenvalue weighted by atomic mass is 9.97. The molecule has 0 spiro atoms. The fourth-order valence-corrected chi connectivity index (χ4v) is 1.84. The van der Waals surface area contributed by atoms with Crippen LogP contribution in [0.5, 0.6) is 0 Å². The third kappa shape index (κ3) is 3.92. The Kier molecular flexibility index (Phi) is 4.68. The lowest BCUT2D eigenvalue weighted by Gasteiger charge is -2.10. The van der Waals surface area contributed by atoms with Crippen molar-refractivity contribution in [2.45, 2.75) is 45.8 Å². The van der Waals surface area contributed by atoms with Gasteiger partial charge in [-0.15, -0.1) is 0 Å². The molecule has 24 heavy (non-hydrogen) atoms. The number of rotatable bonds is 4. The molecule has 2 aromatic heterocycles. The Morgan fingerprint density at radius 1 is 1.33 bits per heavy atom. The SMILES string of the molecule is CCOC(=O)c1cn(Cc2noc(C(C)(C)C)n2)nc1C(F)(F)F. The maximum Gasteiger partial charge on any atom is 0.436 e. The van der Waals surface area contributed by atoms with E-state index in [1.165, 1.54) is 6.92 Å². The van der Waals surface area contributed by atoms with Crippen molar-refractivity contribution in [2.75, 3.05) is 6.61 Å². The first kappa shape index (κ1) is 18.0. The van der Waals surface area contributed by atoms with Gasteiger partial charge in [-0.25, -0.2) is 4.79 Å². The molecule has 0 aromatic carbocycles. The smallest absolute Gasteiger partial charge is 0.436 e. The summed E-state index contributed by atoms with van der Waals surface area (Å²) in [5, 5.41) is 7.14. The topological polar surface area (TPSA) is 83.0 Å². The summed E-state index contributed by atoms with van der Waals surface area (Å²) in [5.74, 6) is -0.572. The Labute approximate surface area is 135 Å². The van der Waals surface area contributed by atoms with E-state index in [0.717, 1.165) is 10.9 Å². The highest BCUT2D eigenvalue weighted by atomic mass is 19.4. The number of alkyl halides is 3. The number of hydrogen-bond donors (Lipinski definition) is 0. The van der Waals surface area contributed by atoms with Crippen molar-refractivity contribution in [1.29, 1.82) is 0 Å². The van der Waals surface area contributed by atoms with E-state index in [-0.39, 0.29) is 24.4 Å². The maximum absolute atomic E-state index is 13.0. The number of esters is 1. The van der Waals surface area contributed by atoms with Crippen LogP contribution in [0.2, 0.25) is 0 Å². The number of nitrogens with zero attached hydrogens (tertiary/aromatic N) is 4. The molecule has 0 saturated carbocycles. The predicted octanol–water partition coefficient (Wildman–Crippen LogP) is 2.81. The monoisotopic (exact) mass is 346 g/mol. The molecule has 132 valence electrons. The van der Waals surface area contributed by atoms with Crippen LogP contribution < -0.4 is 0 Å². The molecular formula is C14H17F3N4O3. The van der Waals surface area contributed by atoms with Crippen LogP contribution >= 0.6 is 0 Å². The number of carbonyl (C=O) groups is 1. The molecule has 0 aliphatic heterocycles. The molecule has 2 rings (SSSR count). The van der Waals surface area contributed by atoms with E-state index >= 15 is 0 Å². The molecule has 2 aromatic rings. The van der Waals surface area contributed by atoms with Crippen molar-refractivity contribution >= 4 is 5.97 Å². The van der Waals surface area contributed by atoms with E-state index in [2.05, 4.69) is 20.0 Å². The predicted molar refractivity (Wildman–Crippen MR) is 75.3 cm³/mol. The molecule has 2 heterocycles. The number of halogens is 3. The normalized spacial score (nSPS) is 12.5. The van der Waals surface area contributed by atoms with Crippen molar-refractivity contribution in [2.24, 2.45) is 0 Å². The lowest BCUT2D eigenvalue weighted by molar-refractivity contribution is -0.142. The van der Waals surface area contributed by atoms with Gasteiger partial charge in [0.1, 0.15) is 12.1 Å². The van der Waals surface area contributed by atoms with Gasteiger partial charge in [-0.3, -0.25) is 4.68 Å². The van der Waals surface area contributed by atoms with Gasteiger partial charge in [0.15, 0.2) is 11.5 Å². The molecule has 0 fully saturated rings. The highest BCUT2D eigenvalue weighted by molar-refractivity contribution is 5.90. The average molecular weight is 346 g/mol. The van der Waals surface area contributed by atoms with Crippen molar-refractivity contribution in [1.82, 2.24) is 19.9 Å². The summed E-state index contributed by atoms with van der Waals surface area (Å²) in [5.41, 5.74) is -2.34. The van der Waals surface area contributed by atoms with Crippen LogP contribution in [0.15, 0.2) is 10.7 Å². The Morgan fingerprint density at radius 3 is 2.50 bits per heavy atom. The maximum atomic E-state index is 13.0. The summed E-state index contributed by atoms with van der Waals surface area (Å²) in [6.07, 6.45) is -3.81. The van der Waals surface area contributed by atoms with Crippen LogP contribution in [0, 0.1) is 0 Å². The molecule has 0 bridgehead atoms. The largest absolute Gasteiger partial charge is 0.462 e. The van der Waals surface area contributed by atoms with Crippen LogP contribution in [0.1, 0.15) is 55.5 Å². The molecule has 0 unspecified atom stereocenters. The second-order valence-corrected chi connectivity index (χ2v) is 6.07. The van der Waals surface area contributed by atoms with Gasteiger partial charge < -0.3 is 9.26 Å². The van der Waals surface area contributed by atoms with Gasteiger partial charge in [0, 0.05) is 11.6 Å². The van der Waals surface area contributed by atoms with E-state index < -0.39 is 23.4 Å². The summed E-state index contributed by atoms with van der Waals surface area (Å²) >= 11 is 0. The van der Waals surface area contributed by atoms with Gasteiger partial charge in [-0.1, -0.05) is 25.9 Å². The standard InChI is InChI=1S/C14H17F3N4O3/c1-5-23-11(22)8-6-21(19-10(8)14(15,16)17)7-9-18-12(24-20-9)13(2,3)4/h6H,5,7H2,1-4H3. The quantitative estimate of drug-likeness (QED) is 0.792. The van der Waals surface area contributed by atoms with Gasteiger partial charge in [-0.05, 0) is 6.92 Å². The van der Waals surface area contributed by atoms with Crippen molar-refractivity contribution in [3.8, 4) is 0 Å².